The van der Waals surface area contributed by atoms with Gasteiger partial charge >= 0.3 is 0 Å². The van der Waals surface area contributed by atoms with Crippen LogP contribution in [0.3, 0.4) is 0 Å². The van der Waals surface area contributed by atoms with Crippen molar-refractivity contribution in [1.29, 1.82) is 0 Å². The highest BCUT2D eigenvalue weighted by Gasteiger charge is 2.02. The van der Waals surface area contributed by atoms with Crippen molar-refractivity contribution in [3.63, 3.8) is 0 Å². The van der Waals surface area contributed by atoms with Gasteiger partial charge in [0.05, 0.1) is 0 Å². The number of aryl methyl sites for hydroxylation is 2. The second-order valence-corrected chi connectivity index (χ2v) is 4.12. The predicted molar refractivity (Wildman–Crippen MR) is 70.9 cm³/mol. The summed E-state index contributed by atoms with van der Waals surface area (Å²) in [5.41, 5.74) is 2.07. The molecule has 0 spiro atoms. The van der Waals surface area contributed by atoms with E-state index in [2.05, 4.69) is 21.0 Å². The van der Waals surface area contributed by atoms with Gasteiger partial charge in [0.25, 0.3) is 0 Å². The first-order chi connectivity index (χ1) is 8.88. The molecule has 0 saturated heterocycles. The molecule has 0 bridgehead atoms. The Morgan fingerprint density at radius 1 is 1.33 bits per heavy atom. The van der Waals surface area contributed by atoms with Crippen molar-refractivity contribution < 1.29 is 4.42 Å². The molecule has 0 amide bonds. The molecule has 4 heteroatoms. The maximum atomic E-state index is 5.35. The van der Waals surface area contributed by atoms with Gasteiger partial charge in [0.15, 0.2) is 5.89 Å². The van der Waals surface area contributed by atoms with Crippen LogP contribution in [-0.4, -0.2) is 23.2 Å². The summed E-state index contributed by atoms with van der Waals surface area (Å²) < 4.78 is 5.35. The van der Waals surface area contributed by atoms with Crippen LogP contribution in [0.4, 0.5) is 0 Å². The third-order valence-corrected chi connectivity index (χ3v) is 2.66. The molecule has 0 atom stereocenters. The summed E-state index contributed by atoms with van der Waals surface area (Å²) in [7, 11) is 1.72. The summed E-state index contributed by atoms with van der Waals surface area (Å²) in [6, 6.07) is 4.08. The number of rotatable bonds is 6. The fourth-order valence-electron chi connectivity index (χ4n) is 1.78. The van der Waals surface area contributed by atoms with Gasteiger partial charge in [0.1, 0.15) is 12.0 Å². The first-order valence-corrected chi connectivity index (χ1v) is 6.14. The molecule has 0 radical (unpaired) electrons. The Morgan fingerprint density at radius 2 is 2.22 bits per heavy atom. The van der Waals surface area contributed by atoms with E-state index in [1.54, 1.807) is 25.7 Å². The number of hydrogen-bond donors (Lipinski definition) is 0. The molecular weight excluding hydrogens is 226 g/mol. The third kappa shape index (κ3) is 3.80. The Balaban J connectivity index is 1.72. The van der Waals surface area contributed by atoms with Crippen LogP contribution >= 0.6 is 0 Å². The smallest absolute Gasteiger partial charge is 0.194 e. The number of oxazole rings is 1. The standard InChI is InChI=1S/C14H17N3O/c1-15-10-13-11-18-14(17-13)7-3-2-5-12-6-4-8-16-9-12/h4,6,8-11H,2-3,5,7H2,1H3/b15-10+. The van der Waals surface area contributed by atoms with Crippen LogP contribution in [0.5, 0.6) is 0 Å². The molecule has 2 aromatic heterocycles. The number of unbranched alkanes of at least 4 members (excludes halogenated alkanes) is 1. The minimum absolute atomic E-state index is 0.788. The maximum Gasteiger partial charge on any atom is 0.194 e. The molecule has 0 aliphatic carbocycles. The number of aliphatic imine (C=N–C) groups is 1. The highest BCUT2D eigenvalue weighted by molar-refractivity contribution is 5.76. The molecule has 0 aromatic carbocycles. The van der Waals surface area contributed by atoms with E-state index in [4.69, 9.17) is 4.42 Å². The van der Waals surface area contributed by atoms with Crippen molar-refractivity contribution in [2.75, 3.05) is 7.05 Å². The van der Waals surface area contributed by atoms with Crippen LogP contribution in [0.25, 0.3) is 0 Å². The van der Waals surface area contributed by atoms with E-state index >= 15 is 0 Å². The van der Waals surface area contributed by atoms with Gasteiger partial charge in [0.2, 0.25) is 0 Å². The number of hydrogen-bond acceptors (Lipinski definition) is 4. The van der Waals surface area contributed by atoms with Gasteiger partial charge in [-0.3, -0.25) is 9.98 Å². The number of nitrogens with zero attached hydrogens (tertiary/aromatic N) is 3. The van der Waals surface area contributed by atoms with Crippen molar-refractivity contribution in [1.82, 2.24) is 9.97 Å². The summed E-state index contributed by atoms with van der Waals surface area (Å²) >= 11 is 0. The zero-order chi connectivity index (χ0) is 12.6. The van der Waals surface area contributed by atoms with E-state index in [0.717, 1.165) is 37.3 Å². The van der Waals surface area contributed by atoms with E-state index in [0.29, 0.717) is 0 Å². The molecule has 0 fully saturated rings. The summed E-state index contributed by atoms with van der Waals surface area (Å²) in [5.74, 6) is 0.788. The third-order valence-electron chi connectivity index (χ3n) is 2.66. The summed E-state index contributed by atoms with van der Waals surface area (Å²) in [5, 5.41) is 0. The van der Waals surface area contributed by atoms with Gasteiger partial charge in [-0.2, -0.15) is 0 Å². The van der Waals surface area contributed by atoms with E-state index in [9.17, 15) is 0 Å². The Morgan fingerprint density at radius 3 is 3.00 bits per heavy atom. The predicted octanol–water partition coefficient (Wildman–Crippen LogP) is 2.68. The Hall–Kier alpha value is -1.97. The fraction of sp³-hybridized carbons (Fsp3) is 0.357. The molecule has 2 rings (SSSR count). The quantitative estimate of drug-likeness (QED) is 0.579. The first kappa shape index (κ1) is 12.5. The summed E-state index contributed by atoms with van der Waals surface area (Å²) in [6.07, 6.45) is 11.2. The van der Waals surface area contributed by atoms with Crippen LogP contribution in [-0.2, 0) is 12.8 Å². The van der Waals surface area contributed by atoms with Gasteiger partial charge in [-0.15, -0.1) is 0 Å². The normalized spacial score (nSPS) is 11.2. The molecular formula is C14H17N3O. The summed E-state index contributed by atoms with van der Waals surface area (Å²) in [6.45, 7) is 0. The van der Waals surface area contributed by atoms with Crippen LogP contribution < -0.4 is 0 Å². The van der Waals surface area contributed by atoms with Gasteiger partial charge in [-0.05, 0) is 30.9 Å². The fourth-order valence-corrected chi connectivity index (χ4v) is 1.78. The minimum Gasteiger partial charge on any atom is -0.448 e. The van der Waals surface area contributed by atoms with E-state index < -0.39 is 0 Å². The Bertz CT molecular complexity index is 491. The van der Waals surface area contributed by atoms with Gasteiger partial charge in [-0.1, -0.05) is 6.07 Å². The van der Waals surface area contributed by atoms with Crippen LogP contribution in [0.1, 0.15) is 30.0 Å². The second-order valence-electron chi connectivity index (χ2n) is 4.12. The lowest BCUT2D eigenvalue weighted by Crippen LogP contribution is -1.90. The minimum atomic E-state index is 0.788. The van der Waals surface area contributed by atoms with Crippen molar-refractivity contribution in [3.05, 3.63) is 47.9 Å². The molecule has 0 aliphatic rings. The molecule has 94 valence electrons. The molecule has 2 aromatic rings. The molecule has 0 saturated carbocycles. The summed E-state index contributed by atoms with van der Waals surface area (Å²) in [4.78, 5) is 12.3. The SMILES string of the molecule is C/N=C/c1coc(CCCCc2cccnc2)n1. The zero-order valence-electron chi connectivity index (χ0n) is 10.5. The average Bonchev–Trinajstić information content (AvgIpc) is 2.84. The maximum absolute atomic E-state index is 5.35. The number of pyridine rings is 1. The lowest BCUT2D eigenvalue weighted by Gasteiger charge is -1.99. The van der Waals surface area contributed by atoms with Gasteiger partial charge < -0.3 is 4.42 Å². The largest absolute Gasteiger partial charge is 0.448 e. The molecule has 4 nitrogen and oxygen atoms in total. The lowest BCUT2D eigenvalue weighted by molar-refractivity contribution is 0.483. The molecule has 0 aliphatic heterocycles. The highest BCUT2D eigenvalue weighted by Crippen LogP contribution is 2.08. The average molecular weight is 243 g/mol. The monoisotopic (exact) mass is 243 g/mol. The van der Waals surface area contributed by atoms with E-state index in [-0.39, 0.29) is 0 Å². The van der Waals surface area contributed by atoms with Crippen LogP contribution in [0.2, 0.25) is 0 Å². The Kier molecular flexibility index (Phi) is 4.64. The van der Waals surface area contributed by atoms with Crippen molar-refractivity contribution in [3.8, 4) is 0 Å². The van der Waals surface area contributed by atoms with Crippen molar-refractivity contribution in [2.45, 2.75) is 25.7 Å². The highest BCUT2D eigenvalue weighted by atomic mass is 16.3. The van der Waals surface area contributed by atoms with E-state index in [1.807, 2.05) is 12.3 Å². The zero-order valence-corrected chi connectivity index (χ0v) is 10.5. The molecule has 2 heterocycles. The molecule has 0 unspecified atom stereocenters. The first-order valence-electron chi connectivity index (χ1n) is 6.14. The second kappa shape index (κ2) is 6.69. The van der Waals surface area contributed by atoms with Crippen molar-refractivity contribution >= 4 is 6.21 Å². The van der Waals surface area contributed by atoms with Crippen LogP contribution in [0, 0.1) is 0 Å². The van der Waals surface area contributed by atoms with Crippen LogP contribution in [0.15, 0.2) is 40.2 Å². The topological polar surface area (TPSA) is 51.3 Å². The molecule has 0 N–H and O–H groups in total. The molecule has 18 heavy (non-hydrogen) atoms. The van der Waals surface area contributed by atoms with Gasteiger partial charge in [0, 0.05) is 32.1 Å². The van der Waals surface area contributed by atoms with Crippen molar-refractivity contribution in [2.24, 2.45) is 4.99 Å². The van der Waals surface area contributed by atoms with Gasteiger partial charge in [-0.25, -0.2) is 4.98 Å². The lowest BCUT2D eigenvalue weighted by atomic mass is 10.1. The van der Waals surface area contributed by atoms with E-state index in [1.165, 1.54) is 5.56 Å². The number of aromatic nitrogens is 2. The Labute approximate surface area is 107 Å².